The topological polar surface area (TPSA) is 133 Å². The molecule has 4 N–H and O–H groups in total. The first kappa shape index (κ1) is 20.2. The van der Waals surface area contributed by atoms with E-state index in [1.165, 1.54) is 6.07 Å². The molecular weight excluding hydrogens is 334 g/mol. The average Bonchev–Trinajstić information content (AvgIpc) is 2.43. The third kappa shape index (κ3) is 6.34. The number of carbonyl (C=O) groups excluding carboxylic acids is 1. The van der Waals surface area contributed by atoms with Gasteiger partial charge in [0.25, 0.3) is 0 Å². The fourth-order valence-electron chi connectivity index (χ4n) is 2.33. The van der Waals surface area contributed by atoms with Crippen molar-refractivity contribution in [1.29, 1.82) is 0 Å². The van der Waals surface area contributed by atoms with Gasteiger partial charge in [-0.1, -0.05) is 0 Å². The van der Waals surface area contributed by atoms with Crippen molar-refractivity contribution < 1.29 is 27.9 Å². The molecule has 8 nitrogen and oxygen atoms in total. The van der Waals surface area contributed by atoms with Crippen LogP contribution in [0, 0.1) is 0 Å². The lowest BCUT2D eigenvalue weighted by Crippen LogP contribution is -2.49. The predicted octanol–water partition coefficient (Wildman–Crippen LogP) is -1.34. The summed E-state index contributed by atoms with van der Waals surface area (Å²) in [7, 11) is -0.0516. The summed E-state index contributed by atoms with van der Waals surface area (Å²) < 4.78 is 24.7. The number of benzene rings is 1. The van der Waals surface area contributed by atoms with Crippen LogP contribution in [-0.4, -0.2) is 70.1 Å². The first-order chi connectivity index (χ1) is 11.1. The summed E-state index contributed by atoms with van der Waals surface area (Å²) >= 11 is 0. The van der Waals surface area contributed by atoms with Gasteiger partial charge in [0.05, 0.1) is 49.6 Å². The van der Waals surface area contributed by atoms with Crippen LogP contribution in [0.5, 0.6) is 0 Å². The zero-order chi connectivity index (χ0) is 18.4. The van der Waals surface area contributed by atoms with Crippen molar-refractivity contribution in [2.75, 3.05) is 57.1 Å². The van der Waals surface area contributed by atoms with Gasteiger partial charge in [-0.15, -0.1) is 0 Å². The summed E-state index contributed by atoms with van der Waals surface area (Å²) in [5.74, 6) is -1.48. The van der Waals surface area contributed by atoms with E-state index in [1.54, 1.807) is 26.2 Å². The van der Waals surface area contributed by atoms with Gasteiger partial charge in [-0.3, -0.25) is 0 Å². The van der Waals surface area contributed by atoms with Gasteiger partial charge in [-0.2, -0.15) is 0 Å². The highest BCUT2D eigenvalue weighted by atomic mass is 32.2. The Balaban J connectivity index is 2.74. The zero-order valence-corrected chi connectivity index (χ0v) is 14.8. The third-order valence-corrected chi connectivity index (χ3v) is 5.24. The molecule has 0 aliphatic heterocycles. The van der Waals surface area contributed by atoms with Crippen LogP contribution in [0.3, 0.4) is 0 Å². The Labute approximate surface area is 142 Å². The first-order valence-electron chi connectivity index (χ1n) is 7.56. The van der Waals surface area contributed by atoms with Gasteiger partial charge in [0.1, 0.15) is 6.54 Å². The normalized spacial score (nSPS) is 12.1. The number of carboxylic acids is 1. The number of nitrogens with one attached hydrogen (secondary N) is 1. The molecule has 0 amide bonds. The maximum Gasteiger partial charge on any atom is 0.182 e. The second-order valence-corrected chi connectivity index (χ2v) is 8.35. The summed E-state index contributed by atoms with van der Waals surface area (Å²) in [6.45, 7) is 0.512. The van der Waals surface area contributed by atoms with E-state index in [-0.39, 0.29) is 21.7 Å². The van der Waals surface area contributed by atoms with Gasteiger partial charge < -0.3 is 30.5 Å². The van der Waals surface area contributed by atoms with Crippen molar-refractivity contribution in [3.05, 3.63) is 18.2 Å². The van der Waals surface area contributed by atoms with E-state index >= 15 is 0 Å². The van der Waals surface area contributed by atoms with Crippen molar-refractivity contribution in [2.45, 2.75) is 11.3 Å². The summed E-state index contributed by atoms with van der Waals surface area (Å²) in [6.07, 6.45) is 0.643. The SMILES string of the molecule is C[N+](C)(CCCNc1ccc(N)cc1S(=O)(=O)CCO)CC(=O)[O-]. The molecule has 0 aliphatic rings. The number of hydrogen-bond donors (Lipinski definition) is 3. The van der Waals surface area contributed by atoms with Crippen molar-refractivity contribution >= 4 is 27.2 Å². The molecule has 0 saturated heterocycles. The van der Waals surface area contributed by atoms with Gasteiger partial charge in [0.15, 0.2) is 9.84 Å². The average molecular weight is 359 g/mol. The summed E-state index contributed by atoms with van der Waals surface area (Å²) in [5, 5.41) is 22.6. The minimum atomic E-state index is -3.63. The number of aliphatic hydroxyl groups is 1. The number of likely N-dealkylation sites (N-methyl/N-ethyl adjacent to an activating group) is 1. The second-order valence-electron chi connectivity index (χ2n) is 6.27. The number of anilines is 2. The number of carboxylic acid groups (broad SMARTS) is 1. The molecule has 0 bridgehead atoms. The van der Waals surface area contributed by atoms with E-state index < -0.39 is 22.4 Å². The predicted molar refractivity (Wildman–Crippen MR) is 89.9 cm³/mol. The van der Waals surface area contributed by atoms with Crippen molar-refractivity contribution in [3.8, 4) is 0 Å². The Morgan fingerprint density at radius 1 is 1.38 bits per heavy atom. The molecule has 0 heterocycles. The monoisotopic (exact) mass is 359 g/mol. The summed E-state index contributed by atoms with van der Waals surface area (Å²) in [5.41, 5.74) is 6.40. The van der Waals surface area contributed by atoms with Gasteiger partial charge in [0.2, 0.25) is 0 Å². The van der Waals surface area contributed by atoms with Crippen LogP contribution in [0.15, 0.2) is 23.1 Å². The Hall–Kier alpha value is -1.84. The molecule has 0 saturated carbocycles. The summed E-state index contributed by atoms with van der Waals surface area (Å²) in [6, 6.07) is 4.54. The second kappa shape index (κ2) is 8.32. The lowest BCUT2D eigenvalue weighted by Gasteiger charge is -2.30. The largest absolute Gasteiger partial charge is 0.544 e. The van der Waals surface area contributed by atoms with Crippen LogP contribution < -0.4 is 16.2 Å². The Morgan fingerprint density at radius 2 is 2.04 bits per heavy atom. The number of aliphatic carboxylic acids is 1. The molecule has 0 spiro atoms. The number of carbonyl (C=O) groups is 1. The fraction of sp³-hybridized carbons (Fsp3) is 0.533. The van der Waals surface area contributed by atoms with Gasteiger partial charge >= 0.3 is 0 Å². The van der Waals surface area contributed by atoms with E-state index in [2.05, 4.69) is 5.32 Å². The number of quaternary nitrogens is 1. The molecule has 1 aromatic carbocycles. The van der Waals surface area contributed by atoms with Gasteiger partial charge in [-0.25, -0.2) is 8.42 Å². The molecule has 0 radical (unpaired) electrons. The van der Waals surface area contributed by atoms with Crippen LogP contribution in [0.1, 0.15) is 6.42 Å². The molecule has 24 heavy (non-hydrogen) atoms. The Kier molecular flexibility index (Phi) is 7.00. The fourth-order valence-corrected chi connectivity index (χ4v) is 3.58. The number of nitrogen functional groups attached to an aromatic ring is 1. The van der Waals surface area contributed by atoms with Crippen molar-refractivity contribution in [1.82, 2.24) is 0 Å². The van der Waals surface area contributed by atoms with Crippen LogP contribution in [0.4, 0.5) is 11.4 Å². The van der Waals surface area contributed by atoms with Crippen LogP contribution in [-0.2, 0) is 14.6 Å². The van der Waals surface area contributed by atoms with Crippen molar-refractivity contribution in [2.24, 2.45) is 0 Å². The van der Waals surface area contributed by atoms with Crippen LogP contribution in [0.2, 0.25) is 0 Å². The highest BCUT2D eigenvalue weighted by molar-refractivity contribution is 7.91. The first-order valence-corrected chi connectivity index (χ1v) is 9.21. The molecule has 1 aromatic rings. The highest BCUT2D eigenvalue weighted by Gasteiger charge is 2.19. The molecule has 0 unspecified atom stereocenters. The zero-order valence-electron chi connectivity index (χ0n) is 14.0. The van der Waals surface area contributed by atoms with Crippen LogP contribution in [0.25, 0.3) is 0 Å². The van der Waals surface area contributed by atoms with Gasteiger partial charge in [-0.05, 0) is 18.2 Å². The molecule has 0 aromatic heterocycles. The Bertz CT molecular complexity index is 674. The van der Waals surface area contributed by atoms with Crippen LogP contribution >= 0.6 is 0 Å². The molecular formula is C15H25N3O5S. The minimum absolute atomic E-state index is 0.0556. The van der Waals surface area contributed by atoms with E-state index in [9.17, 15) is 18.3 Å². The molecule has 0 atom stereocenters. The Morgan fingerprint density at radius 3 is 2.62 bits per heavy atom. The molecule has 9 heteroatoms. The van der Waals surface area contributed by atoms with E-state index in [0.717, 1.165) is 0 Å². The highest BCUT2D eigenvalue weighted by Crippen LogP contribution is 2.25. The number of rotatable bonds is 10. The lowest BCUT2D eigenvalue weighted by atomic mass is 10.2. The third-order valence-electron chi connectivity index (χ3n) is 3.51. The number of sulfone groups is 1. The van der Waals surface area contributed by atoms with Gasteiger partial charge in [0, 0.05) is 18.7 Å². The number of nitrogens with two attached hydrogens (primary N) is 1. The van der Waals surface area contributed by atoms with Crippen molar-refractivity contribution in [3.63, 3.8) is 0 Å². The molecule has 1 rings (SSSR count). The minimum Gasteiger partial charge on any atom is -0.544 e. The smallest absolute Gasteiger partial charge is 0.182 e. The van der Waals surface area contributed by atoms with E-state index in [0.29, 0.717) is 30.9 Å². The quantitative estimate of drug-likeness (QED) is 0.268. The standard InChI is InChI=1S/C15H25N3O5S/c1-18(2,11-15(20)21)7-3-6-17-13-5-4-12(16)10-14(13)24(22,23)9-8-19/h4-5,10,17,19H,3,6-9,11,16H2,1-2H3. The molecule has 136 valence electrons. The van der Waals surface area contributed by atoms with E-state index in [4.69, 9.17) is 10.8 Å². The maximum atomic E-state index is 12.2. The number of hydrogen-bond acceptors (Lipinski definition) is 7. The maximum absolute atomic E-state index is 12.2. The lowest BCUT2D eigenvalue weighted by molar-refractivity contribution is -0.884. The summed E-state index contributed by atoms with van der Waals surface area (Å²) in [4.78, 5) is 10.7. The molecule has 0 fully saturated rings. The molecule has 0 aliphatic carbocycles. The number of nitrogens with zero attached hydrogens (tertiary/aromatic N) is 1. The van der Waals surface area contributed by atoms with E-state index in [1.807, 2.05) is 0 Å². The number of aliphatic hydroxyl groups excluding tert-OH is 1.